The Kier molecular flexibility index (Phi) is 3.62. The van der Waals surface area contributed by atoms with Gasteiger partial charge in [0.05, 0.1) is 5.02 Å². The van der Waals surface area contributed by atoms with Crippen LogP contribution >= 0.6 is 11.6 Å². The number of carboxylic acid groups (broad SMARTS) is 1. The van der Waals surface area contributed by atoms with E-state index in [0.29, 0.717) is 11.1 Å². The molecule has 0 fully saturated rings. The molecule has 1 rings (SSSR count). The number of aryl methyl sites for hydroxylation is 1. The molecule has 0 heterocycles. The first-order valence-electron chi connectivity index (χ1n) is 4.53. The Bertz CT molecular complexity index is 433. The van der Waals surface area contributed by atoms with E-state index in [1.807, 2.05) is 0 Å². The molecule has 0 amide bonds. The van der Waals surface area contributed by atoms with Gasteiger partial charge in [-0.15, -0.1) is 0 Å². The Morgan fingerprint density at radius 1 is 1.56 bits per heavy atom. The van der Waals surface area contributed by atoms with E-state index in [1.165, 1.54) is 6.07 Å². The average Bonchev–Trinajstić information content (AvgIpc) is 2.20. The third kappa shape index (κ3) is 2.37. The van der Waals surface area contributed by atoms with Gasteiger partial charge in [0, 0.05) is 6.42 Å². The smallest absolute Gasteiger partial charge is 0.320 e. The summed E-state index contributed by atoms with van der Waals surface area (Å²) < 4.78 is 0. The van der Waals surface area contributed by atoms with Gasteiger partial charge in [0.25, 0.3) is 0 Å². The number of aliphatic carboxylic acids is 1. The second kappa shape index (κ2) is 4.59. The number of carbonyl (C=O) groups is 1. The molecule has 1 aromatic rings. The van der Waals surface area contributed by atoms with Crippen LogP contribution in [0.15, 0.2) is 6.07 Å². The van der Waals surface area contributed by atoms with Crippen molar-refractivity contribution in [1.29, 1.82) is 0 Å². The SMILES string of the molecule is Cc1cc(O)c(O)c(Cl)c1CC(N)C(=O)O. The van der Waals surface area contributed by atoms with Crippen LogP contribution in [-0.4, -0.2) is 27.3 Å². The number of phenolic OH excluding ortho intramolecular Hbond substituents is 2. The zero-order valence-corrected chi connectivity index (χ0v) is 9.32. The fourth-order valence-electron chi connectivity index (χ4n) is 1.35. The molecule has 0 saturated heterocycles. The maximum Gasteiger partial charge on any atom is 0.320 e. The van der Waals surface area contributed by atoms with Crippen LogP contribution in [0.1, 0.15) is 11.1 Å². The van der Waals surface area contributed by atoms with Crippen molar-refractivity contribution in [3.63, 3.8) is 0 Å². The van der Waals surface area contributed by atoms with E-state index in [9.17, 15) is 15.0 Å². The molecule has 0 saturated carbocycles. The van der Waals surface area contributed by atoms with Crippen LogP contribution in [0.3, 0.4) is 0 Å². The van der Waals surface area contributed by atoms with E-state index in [0.717, 1.165) is 0 Å². The van der Waals surface area contributed by atoms with Crippen molar-refractivity contribution in [2.75, 3.05) is 0 Å². The normalized spacial score (nSPS) is 12.4. The number of rotatable bonds is 3. The maximum atomic E-state index is 10.6. The molecule has 0 aliphatic carbocycles. The first-order chi connectivity index (χ1) is 7.34. The van der Waals surface area contributed by atoms with Gasteiger partial charge in [0.2, 0.25) is 0 Å². The zero-order chi connectivity index (χ0) is 12.5. The summed E-state index contributed by atoms with van der Waals surface area (Å²) in [5.41, 5.74) is 6.38. The van der Waals surface area contributed by atoms with Crippen LogP contribution < -0.4 is 5.73 Å². The number of phenols is 2. The molecule has 1 atom stereocenters. The number of halogens is 1. The van der Waals surface area contributed by atoms with Crippen molar-refractivity contribution in [2.24, 2.45) is 5.73 Å². The summed E-state index contributed by atoms with van der Waals surface area (Å²) in [6, 6.07) is 0.214. The highest BCUT2D eigenvalue weighted by molar-refractivity contribution is 6.33. The summed E-state index contributed by atoms with van der Waals surface area (Å²) in [5, 5.41) is 27.3. The van der Waals surface area contributed by atoms with Gasteiger partial charge in [-0.2, -0.15) is 0 Å². The quantitative estimate of drug-likeness (QED) is 0.595. The lowest BCUT2D eigenvalue weighted by atomic mass is 10.0. The number of carboxylic acids is 1. The van der Waals surface area contributed by atoms with Crippen LogP contribution in [0.5, 0.6) is 11.5 Å². The lowest BCUT2D eigenvalue weighted by Gasteiger charge is -2.13. The maximum absolute atomic E-state index is 10.6. The van der Waals surface area contributed by atoms with Crippen molar-refractivity contribution in [3.05, 3.63) is 22.2 Å². The molecule has 88 valence electrons. The highest BCUT2D eigenvalue weighted by atomic mass is 35.5. The van der Waals surface area contributed by atoms with Gasteiger partial charge in [-0.1, -0.05) is 11.6 Å². The highest BCUT2D eigenvalue weighted by Gasteiger charge is 2.19. The minimum Gasteiger partial charge on any atom is -0.504 e. The molecular formula is C10H12ClNO4. The molecule has 0 bridgehead atoms. The number of hydrogen-bond donors (Lipinski definition) is 4. The van der Waals surface area contributed by atoms with Gasteiger partial charge in [0.1, 0.15) is 6.04 Å². The molecule has 5 N–H and O–H groups in total. The average molecular weight is 246 g/mol. The van der Waals surface area contributed by atoms with E-state index in [2.05, 4.69) is 0 Å². The second-order valence-electron chi connectivity index (χ2n) is 3.50. The fourth-order valence-corrected chi connectivity index (χ4v) is 1.67. The predicted molar refractivity (Wildman–Crippen MR) is 58.8 cm³/mol. The van der Waals surface area contributed by atoms with Crippen molar-refractivity contribution in [2.45, 2.75) is 19.4 Å². The van der Waals surface area contributed by atoms with Crippen molar-refractivity contribution in [1.82, 2.24) is 0 Å². The van der Waals surface area contributed by atoms with Gasteiger partial charge in [0.15, 0.2) is 11.5 Å². The van der Waals surface area contributed by atoms with Crippen molar-refractivity contribution < 1.29 is 20.1 Å². The Balaban J connectivity index is 3.14. The van der Waals surface area contributed by atoms with Gasteiger partial charge in [-0.3, -0.25) is 4.79 Å². The van der Waals surface area contributed by atoms with Crippen LogP contribution in [0.25, 0.3) is 0 Å². The van der Waals surface area contributed by atoms with E-state index in [-0.39, 0.29) is 17.2 Å². The summed E-state index contributed by atoms with van der Waals surface area (Å²) in [5.74, 6) is -1.95. The first kappa shape index (κ1) is 12.6. The Hall–Kier alpha value is -1.46. The minimum absolute atomic E-state index is 0.00611. The lowest BCUT2D eigenvalue weighted by molar-refractivity contribution is -0.138. The van der Waals surface area contributed by atoms with Crippen LogP contribution in [-0.2, 0) is 11.2 Å². The van der Waals surface area contributed by atoms with Crippen LogP contribution in [0, 0.1) is 6.92 Å². The molecule has 16 heavy (non-hydrogen) atoms. The standard InChI is InChI=1S/C10H12ClNO4/c1-4-2-7(13)9(14)8(11)5(4)3-6(12)10(15)16/h2,6,13-14H,3,12H2,1H3,(H,15,16). The van der Waals surface area contributed by atoms with Crippen molar-refractivity contribution >= 4 is 17.6 Å². The Morgan fingerprint density at radius 3 is 2.62 bits per heavy atom. The summed E-state index contributed by atoms with van der Waals surface area (Å²) >= 11 is 5.79. The molecule has 1 aromatic carbocycles. The number of aromatic hydroxyl groups is 2. The lowest BCUT2D eigenvalue weighted by Crippen LogP contribution is -2.32. The topological polar surface area (TPSA) is 104 Å². The molecule has 0 aromatic heterocycles. The summed E-state index contributed by atoms with van der Waals surface area (Å²) in [4.78, 5) is 10.6. The summed E-state index contributed by atoms with van der Waals surface area (Å²) in [7, 11) is 0. The molecule has 0 radical (unpaired) electrons. The summed E-state index contributed by atoms with van der Waals surface area (Å²) in [6.45, 7) is 1.65. The fraction of sp³-hybridized carbons (Fsp3) is 0.300. The van der Waals surface area contributed by atoms with Crippen molar-refractivity contribution in [3.8, 4) is 11.5 Å². The Morgan fingerprint density at radius 2 is 2.12 bits per heavy atom. The third-order valence-electron chi connectivity index (χ3n) is 2.29. The molecule has 0 aliphatic heterocycles. The van der Waals surface area contributed by atoms with Gasteiger partial charge >= 0.3 is 5.97 Å². The number of hydrogen-bond acceptors (Lipinski definition) is 4. The van der Waals surface area contributed by atoms with E-state index in [1.54, 1.807) is 6.92 Å². The first-order valence-corrected chi connectivity index (χ1v) is 4.90. The number of benzene rings is 1. The van der Waals surface area contributed by atoms with Gasteiger partial charge in [-0.25, -0.2) is 0 Å². The van der Waals surface area contributed by atoms with Crippen LogP contribution in [0.4, 0.5) is 0 Å². The summed E-state index contributed by atoms with van der Waals surface area (Å²) in [6.07, 6.45) is -0.00611. The van der Waals surface area contributed by atoms with Gasteiger partial charge < -0.3 is 21.1 Å². The second-order valence-corrected chi connectivity index (χ2v) is 3.88. The largest absolute Gasteiger partial charge is 0.504 e. The molecule has 5 nitrogen and oxygen atoms in total. The Labute approximate surface area is 97.1 Å². The highest BCUT2D eigenvalue weighted by Crippen LogP contribution is 2.38. The molecule has 1 unspecified atom stereocenters. The zero-order valence-electron chi connectivity index (χ0n) is 8.57. The van der Waals surface area contributed by atoms with E-state index in [4.69, 9.17) is 22.4 Å². The molecule has 6 heteroatoms. The van der Waals surface area contributed by atoms with Gasteiger partial charge in [-0.05, 0) is 24.1 Å². The third-order valence-corrected chi connectivity index (χ3v) is 2.69. The van der Waals surface area contributed by atoms with E-state index < -0.39 is 17.8 Å². The monoisotopic (exact) mass is 245 g/mol. The molecule has 0 aliphatic rings. The van der Waals surface area contributed by atoms with E-state index >= 15 is 0 Å². The molecular weight excluding hydrogens is 234 g/mol. The molecule has 0 spiro atoms. The van der Waals surface area contributed by atoms with Crippen LogP contribution in [0.2, 0.25) is 5.02 Å². The number of nitrogens with two attached hydrogens (primary N) is 1. The predicted octanol–water partition coefficient (Wildman–Crippen LogP) is 1.01. The minimum atomic E-state index is -1.15.